The SMILES string of the molecule is CC(C)(C)OC(=O)N1CCN(c2cc3ncc(C(=O)O)cn3n2)CC1. The third-order valence-electron chi connectivity index (χ3n) is 3.80. The summed E-state index contributed by atoms with van der Waals surface area (Å²) in [5, 5.41) is 13.4. The molecule has 0 radical (unpaired) electrons. The summed E-state index contributed by atoms with van der Waals surface area (Å²) in [4.78, 5) is 30.9. The van der Waals surface area contributed by atoms with Crippen LogP contribution in [0.5, 0.6) is 0 Å². The molecule has 1 aliphatic heterocycles. The highest BCUT2D eigenvalue weighted by Crippen LogP contribution is 2.18. The summed E-state index contributed by atoms with van der Waals surface area (Å²) < 4.78 is 6.84. The lowest BCUT2D eigenvalue weighted by Crippen LogP contribution is -2.50. The van der Waals surface area contributed by atoms with Gasteiger partial charge in [0.15, 0.2) is 11.5 Å². The van der Waals surface area contributed by atoms with Crippen LogP contribution in [0.2, 0.25) is 0 Å². The molecular formula is C16H21N5O4. The number of carbonyl (C=O) groups is 2. The van der Waals surface area contributed by atoms with Gasteiger partial charge in [0.1, 0.15) is 5.60 Å². The third-order valence-corrected chi connectivity index (χ3v) is 3.80. The van der Waals surface area contributed by atoms with Gasteiger partial charge in [0.2, 0.25) is 0 Å². The molecule has 9 heteroatoms. The predicted molar refractivity (Wildman–Crippen MR) is 90.0 cm³/mol. The number of rotatable bonds is 2. The Hall–Kier alpha value is -2.84. The molecule has 0 spiro atoms. The van der Waals surface area contributed by atoms with E-state index in [-0.39, 0.29) is 11.7 Å². The topological polar surface area (TPSA) is 100 Å². The van der Waals surface area contributed by atoms with Crippen molar-refractivity contribution < 1.29 is 19.4 Å². The summed E-state index contributed by atoms with van der Waals surface area (Å²) in [7, 11) is 0. The molecule has 0 saturated carbocycles. The standard InChI is InChI=1S/C16H21N5O4/c1-16(2,3)25-15(24)20-6-4-19(5-7-20)13-8-12-17-9-11(14(22)23)10-21(12)18-13/h8-10H,4-7H2,1-3H3,(H,22,23). The van der Waals surface area contributed by atoms with E-state index in [0.717, 1.165) is 0 Å². The Morgan fingerprint density at radius 3 is 2.48 bits per heavy atom. The van der Waals surface area contributed by atoms with E-state index in [0.29, 0.717) is 37.6 Å². The monoisotopic (exact) mass is 347 g/mol. The number of carbonyl (C=O) groups excluding carboxylic acids is 1. The molecule has 0 aliphatic carbocycles. The van der Waals surface area contributed by atoms with Gasteiger partial charge in [0.05, 0.1) is 5.56 Å². The normalized spacial score (nSPS) is 15.5. The number of amides is 1. The summed E-state index contributed by atoms with van der Waals surface area (Å²) in [6.07, 6.45) is 2.43. The van der Waals surface area contributed by atoms with Crippen molar-refractivity contribution in [2.24, 2.45) is 0 Å². The minimum Gasteiger partial charge on any atom is -0.478 e. The first-order valence-electron chi connectivity index (χ1n) is 8.04. The van der Waals surface area contributed by atoms with Crippen LogP contribution < -0.4 is 4.90 Å². The fourth-order valence-electron chi connectivity index (χ4n) is 2.57. The van der Waals surface area contributed by atoms with Crippen LogP contribution in [0.3, 0.4) is 0 Å². The van der Waals surface area contributed by atoms with Gasteiger partial charge in [0.25, 0.3) is 0 Å². The first-order chi connectivity index (χ1) is 11.7. The van der Waals surface area contributed by atoms with Gasteiger partial charge in [-0.2, -0.15) is 0 Å². The minimum absolute atomic E-state index is 0.0805. The molecule has 3 rings (SSSR count). The molecule has 0 atom stereocenters. The van der Waals surface area contributed by atoms with Crippen molar-refractivity contribution in [1.82, 2.24) is 19.5 Å². The van der Waals surface area contributed by atoms with Crippen molar-refractivity contribution in [3.8, 4) is 0 Å². The molecule has 2 aromatic rings. The highest BCUT2D eigenvalue weighted by molar-refractivity contribution is 5.87. The second-order valence-corrected chi connectivity index (χ2v) is 6.91. The highest BCUT2D eigenvalue weighted by atomic mass is 16.6. The van der Waals surface area contributed by atoms with E-state index in [1.165, 1.54) is 16.9 Å². The first-order valence-corrected chi connectivity index (χ1v) is 8.04. The van der Waals surface area contributed by atoms with Crippen LogP contribution in [0.4, 0.5) is 10.6 Å². The predicted octanol–water partition coefficient (Wildman–Crippen LogP) is 1.48. The van der Waals surface area contributed by atoms with E-state index in [9.17, 15) is 9.59 Å². The molecule has 0 bridgehead atoms. The molecule has 2 aromatic heterocycles. The first kappa shape index (κ1) is 17.0. The number of anilines is 1. The Bertz CT molecular complexity index is 802. The van der Waals surface area contributed by atoms with Crippen molar-refractivity contribution in [2.45, 2.75) is 26.4 Å². The lowest BCUT2D eigenvalue weighted by Gasteiger charge is -2.35. The summed E-state index contributed by atoms with van der Waals surface area (Å²) in [6, 6.07) is 1.80. The third kappa shape index (κ3) is 3.81. The number of ether oxygens (including phenoxy) is 1. The molecule has 25 heavy (non-hydrogen) atoms. The molecule has 1 saturated heterocycles. The van der Waals surface area contributed by atoms with Crippen LogP contribution in [0.15, 0.2) is 18.5 Å². The molecule has 1 fully saturated rings. The molecule has 0 aromatic carbocycles. The van der Waals surface area contributed by atoms with Crippen LogP contribution in [-0.4, -0.2) is 68.4 Å². The number of aromatic carboxylic acids is 1. The molecule has 3 heterocycles. The smallest absolute Gasteiger partial charge is 0.410 e. The van der Waals surface area contributed by atoms with E-state index in [1.807, 2.05) is 25.7 Å². The van der Waals surface area contributed by atoms with E-state index in [2.05, 4.69) is 10.1 Å². The maximum atomic E-state index is 12.1. The minimum atomic E-state index is -1.04. The zero-order chi connectivity index (χ0) is 18.2. The van der Waals surface area contributed by atoms with E-state index >= 15 is 0 Å². The Balaban J connectivity index is 1.67. The molecular weight excluding hydrogens is 326 g/mol. The fourth-order valence-corrected chi connectivity index (χ4v) is 2.57. The van der Waals surface area contributed by atoms with Crippen molar-refractivity contribution in [2.75, 3.05) is 31.1 Å². The molecule has 1 aliphatic rings. The lowest BCUT2D eigenvalue weighted by atomic mass is 10.2. The van der Waals surface area contributed by atoms with Crippen LogP contribution in [0, 0.1) is 0 Å². The quantitative estimate of drug-likeness (QED) is 0.878. The Morgan fingerprint density at radius 1 is 1.20 bits per heavy atom. The summed E-state index contributed by atoms with van der Waals surface area (Å²) in [5.41, 5.74) is 0.148. The van der Waals surface area contributed by atoms with Gasteiger partial charge >= 0.3 is 12.1 Å². The molecule has 134 valence electrons. The second kappa shape index (κ2) is 6.23. The summed E-state index contributed by atoms with van der Waals surface area (Å²) in [5.74, 6) is -0.337. The number of aromatic nitrogens is 3. The average molecular weight is 347 g/mol. The van der Waals surface area contributed by atoms with Crippen molar-refractivity contribution in [3.63, 3.8) is 0 Å². The van der Waals surface area contributed by atoms with Gasteiger partial charge in [-0.3, -0.25) is 0 Å². The van der Waals surface area contributed by atoms with Crippen molar-refractivity contribution in [1.29, 1.82) is 0 Å². The van der Waals surface area contributed by atoms with Crippen molar-refractivity contribution in [3.05, 3.63) is 24.0 Å². The van der Waals surface area contributed by atoms with Gasteiger partial charge in [-0.15, -0.1) is 5.10 Å². The number of hydrogen-bond donors (Lipinski definition) is 1. The van der Waals surface area contributed by atoms with Crippen molar-refractivity contribution >= 4 is 23.5 Å². The van der Waals surface area contributed by atoms with Crippen LogP contribution >= 0.6 is 0 Å². The number of fused-ring (bicyclic) bond motifs is 1. The molecule has 0 unspecified atom stereocenters. The molecule has 1 amide bonds. The second-order valence-electron chi connectivity index (χ2n) is 6.91. The van der Waals surface area contributed by atoms with Crippen LogP contribution in [0.25, 0.3) is 5.65 Å². The van der Waals surface area contributed by atoms with Gasteiger partial charge in [-0.1, -0.05) is 0 Å². The van der Waals surface area contributed by atoms with E-state index < -0.39 is 11.6 Å². The number of piperazine rings is 1. The Morgan fingerprint density at radius 2 is 1.88 bits per heavy atom. The van der Waals surface area contributed by atoms with Gasteiger partial charge in [0, 0.05) is 44.6 Å². The maximum absolute atomic E-state index is 12.1. The number of carboxylic acid groups (broad SMARTS) is 1. The average Bonchev–Trinajstić information content (AvgIpc) is 2.96. The highest BCUT2D eigenvalue weighted by Gasteiger charge is 2.26. The number of hydrogen-bond acceptors (Lipinski definition) is 6. The molecule has 9 nitrogen and oxygen atoms in total. The van der Waals surface area contributed by atoms with Gasteiger partial charge in [-0.05, 0) is 20.8 Å². The van der Waals surface area contributed by atoms with Crippen LogP contribution in [0.1, 0.15) is 31.1 Å². The number of nitrogens with zero attached hydrogens (tertiary/aromatic N) is 5. The largest absolute Gasteiger partial charge is 0.478 e. The van der Waals surface area contributed by atoms with E-state index in [1.54, 1.807) is 11.0 Å². The zero-order valence-corrected chi connectivity index (χ0v) is 14.5. The number of carboxylic acids is 1. The molecule has 1 N–H and O–H groups in total. The zero-order valence-electron chi connectivity index (χ0n) is 14.5. The summed E-state index contributed by atoms with van der Waals surface area (Å²) in [6.45, 7) is 7.85. The van der Waals surface area contributed by atoms with Gasteiger partial charge < -0.3 is 19.6 Å². The lowest BCUT2D eigenvalue weighted by molar-refractivity contribution is 0.0240. The Kier molecular flexibility index (Phi) is 4.23. The van der Waals surface area contributed by atoms with E-state index in [4.69, 9.17) is 9.84 Å². The van der Waals surface area contributed by atoms with Gasteiger partial charge in [-0.25, -0.2) is 19.1 Å². The van der Waals surface area contributed by atoms with Crippen LogP contribution in [-0.2, 0) is 4.74 Å². The fraction of sp³-hybridized carbons (Fsp3) is 0.500. The summed E-state index contributed by atoms with van der Waals surface area (Å²) >= 11 is 0. The maximum Gasteiger partial charge on any atom is 0.410 e. The Labute approximate surface area is 144 Å².